The van der Waals surface area contributed by atoms with Gasteiger partial charge in [0.2, 0.25) is 0 Å². The van der Waals surface area contributed by atoms with Crippen molar-refractivity contribution >= 4 is 23.6 Å². The van der Waals surface area contributed by atoms with Crippen LogP contribution >= 0.6 is 11.6 Å². The van der Waals surface area contributed by atoms with Crippen LogP contribution in [-0.2, 0) is 16.1 Å². The maximum absolute atomic E-state index is 11.4. The lowest BCUT2D eigenvalue weighted by Crippen LogP contribution is -1.99. The first-order chi connectivity index (χ1) is 11.2. The number of benzene rings is 2. The molecule has 2 aromatic rings. The van der Waals surface area contributed by atoms with Gasteiger partial charge < -0.3 is 9.47 Å². The molecule has 0 N–H and O–H groups in total. The SMILES string of the molecule is C=CCOC(=O)/C=C/c1ccc(OCc2ccccc2)c(Cl)c1. The summed E-state index contributed by atoms with van der Waals surface area (Å²) < 4.78 is 10.6. The van der Waals surface area contributed by atoms with Crippen LogP contribution in [0.15, 0.2) is 67.3 Å². The lowest BCUT2D eigenvalue weighted by atomic mass is 10.2. The predicted octanol–water partition coefficient (Wildman–Crippen LogP) is 4.66. The predicted molar refractivity (Wildman–Crippen MR) is 92.4 cm³/mol. The van der Waals surface area contributed by atoms with Gasteiger partial charge in [-0.1, -0.05) is 60.7 Å². The first kappa shape index (κ1) is 16.8. The van der Waals surface area contributed by atoms with Crippen LogP contribution in [0.5, 0.6) is 5.75 Å². The summed E-state index contributed by atoms with van der Waals surface area (Å²) >= 11 is 6.21. The minimum atomic E-state index is -0.426. The first-order valence-corrected chi connectivity index (χ1v) is 7.49. The topological polar surface area (TPSA) is 35.5 Å². The Morgan fingerprint density at radius 1 is 1.17 bits per heavy atom. The summed E-state index contributed by atoms with van der Waals surface area (Å²) in [5.41, 5.74) is 1.86. The Morgan fingerprint density at radius 2 is 1.96 bits per heavy atom. The van der Waals surface area contributed by atoms with Gasteiger partial charge in [-0.25, -0.2) is 4.79 Å². The molecule has 3 nitrogen and oxygen atoms in total. The molecule has 0 radical (unpaired) electrons. The highest BCUT2D eigenvalue weighted by Crippen LogP contribution is 2.26. The largest absolute Gasteiger partial charge is 0.487 e. The number of hydrogen-bond donors (Lipinski definition) is 0. The van der Waals surface area contributed by atoms with Crippen molar-refractivity contribution in [3.63, 3.8) is 0 Å². The Balaban J connectivity index is 1.96. The van der Waals surface area contributed by atoms with Crippen molar-refractivity contribution in [3.05, 3.63) is 83.4 Å². The lowest BCUT2D eigenvalue weighted by molar-refractivity contribution is -0.136. The van der Waals surface area contributed by atoms with E-state index in [4.69, 9.17) is 21.1 Å². The Bertz CT molecular complexity index is 693. The van der Waals surface area contributed by atoms with Gasteiger partial charge in [0.25, 0.3) is 0 Å². The van der Waals surface area contributed by atoms with E-state index in [1.54, 1.807) is 18.2 Å². The molecule has 0 spiro atoms. The van der Waals surface area contributed by atoms with E-state index < -0.39 is 5.97 Å². The highest BCUT2D eigenvalue weighted by molar-refractivity contribution is 6.32. The molecule has 118 valence electrons. The number of halogens is 1. The molecule has 0 aliphatic carbocycles. The molecule has 0 fully saturated rings. The van der Waals surface area contributed by atoms with E-state index in [1.165, 1.54) is 12.2 Å². The van der Waals surface area contributed by atoms with Crippen LogP contribution in [0.2, 0.25) is 5.02 Å². The molecule has 4 heteroatoms. The van der Waals surface area contributed by atoms with Gasteiger partial charge in [-0.05, 0) is 29.3 Å². The summed E-state index contributed by atoms with van der Waals surface area (Å²) in [6.07, 6.45) is 4.50. The normalized spacial score (nSPS) is 10.5. The fraction of sp³-hybridized carbons (Fsp3) is 0.105. The van der Waals surface area contributed by atoms with E-state index in [9.17, 15) is 4.79 Å². The van der Waals surface area contributed by atoms with Gasteiger partial charge in [-0.15, -0.1) is 0 Å². The molecular formula is C19H17ClO3. The molecule has 0 aromatic heterocycles. The van der Waals surface area contributed by atoms with Gasteiger partial charge in [-0.2, -0.15) is 0 Å². The zero-order chi connectivity index (χ0) is 16.5. The monoisotopic (exact) mass is 328 g/mol. The maximum Gasteiger partial charge on any atom is 0.331 e. The number of esters is 1. The second kappa shape index (κ2) is 8.81. The van der Waals surface area contributed by atoms with Crippen LogP contribution < -0.4 is 4.74 Å². The Hall–Kier alpha value is -2.52. The molecule has 0 bridgehead atoms. The molecular weight excluding hydrogens is 312 g/mol. The standard InChI is InChI=1S/C19H17ClO3/c1-2-12-22-19(21)11-9-15-8-10-18(17(20)13-15)23-14-16-6-4-3-5-7-16/h2-11,13H,1,12,14H2/b11-9+. The molecule has 0 aliphatic rings. The number of carbonyl (C=O) groups excluding carboxylic acids is 1. The van der Waals surface area contributed by atoms with Crippen molar-refractivity contribution < 1.29 is 14.3 Å². The van der Waals surface area contributed by atoms with Crippen LogP contribution in [-0.4, -0.2) is 12.6 Å². The maximum atomic E-state index is 11.4. The van der Waals surface area contributed by atoms with Crippen molar-refractivity contribution in [2.24, 2.45) is 0 Å². The van der Waals surface area contributed by atoms with Crippen molar-refractivity contribution in [3.8, 4) is 5.75 Å². The quantitative estimate of drug-likeness (QED) is 0.421. The zero-order valence-electron chi connectivity index (χ0n) is 12.6. The highest BCUT2D eigenvalue weighted by Gasteiger charge is 2.03. The second-order valence-corrected chi connectivity index (χ2v) is 5.12. The Labute approximate surface area is 140 Å². The number of ether oxygens (including phenoxy) is 2. The van der Waals surface area contributed by atoms with Crippen LogP contribution in [0, 0.1) is 0 Å². The number of hydrogen-bond acceptors (Lipinski definition) is 3. The van der Waals surface area contributed by atoms with Gasteiger partial charge in [-0.3, -0.25) is 0 Å². The highest BCUT2D eigenvalue weighted by atomic mass is 35.5. The number of carbonyl (C=O) groups is 1. The van der Waals surface area contributed by atoms with Crippen molar-refractivity contribution in [2.45, 2.75) is 6.61 Å². The second-order valence-electron chi connectivity index (χ2n) is 4.72. The zero-order valence-corrected chi connectivity index (χ0v) is 13.3. The molecule has 23 heavy (non-hydrogen) atoms. The van der Waals surface area contributed by atoms with E-state index in [-0.39, 0.29) is 6.61 Å². The fourth-order valence-corrected chi connectivity index (χ4v) is 2.07. The van der Waals surface area contributed by atoms with E-state index in [2.05, 4.69) is 6.58 Å². The summed E-state index contributed by atoms with van der Waals surface area (Å²) in [4.78, 5) is 11.4. The van der Waals surface area contributed by atoms with Crippen LogP contribution in [0.25, 0.3) is 6.08 Å². The molecule has 0 unspecified atom stereocenters. The van der Waals surface area contributed by atoms with Gasteiger partial charge in [0, 0.05) is 6.08 Å². The summed E-state index contributed by atoms with van der Waals surface area (Å²) in [5, 5.41) is 0.488. The van der Waals surface area contributed by atoms with E-state index in [0.29, 0.717) is 17.4 Å². The third-order valence-electron chi connectivity index (χ3n) is 2.95. The Kier molecular flexibility index (Phi) is 6.45. The molecule has 2 aromatic carbocycles. The van der Waals surface area contributed by atoms with Crippen LogP contribution in [0.1, 0.15) is 11.1 Å². The van der Waals surface area contributed by atoms with E-state index >= 15 is 0 Å². The molecule has 0 heterocycles. The smallest absolute Gasteiger partial charge is 0.331 e. The van der Waals surface area contributed by atoms with Gasteiger partial charge >= 0.3 is 5.97 Å². The molecule has 0 aliphatic heterocycles. The minimum absolute atomic E-state index is 0.191. The molecule has 0 atom stereocenters. The lowest BCUT2D eigenvalue weighted by Gasteiger charge is -2.08. The summed E-state index contributed by atoms with van der Waals surface area (Å²) in [5.74, 6) is 0.173. The minimum Gasteiger partial charge on any atom is -0.487 e. The van der Waals surface area contributed by atoms with Gasteiger partial charge in [0.05, 0.1) is 5.02 Å². The number of rotatable bonds is 7. The van der Waals surface area contributed by atoms with Crippen LogP contribution in [0.3, 0.4) is 0 Å². The van der Waals surface area contributed by atoms with Gasteiger partial charge in [0.15, 0.2) is 0 Å². The van der Waals surface area contributed by atoms with Crippen molar-refractivity contribution in [2.75, 3.05) is 6.61 Å². The molecule has 0 saturated heterocycles. The molecule has 0 amide bonds. The third kappa shape index (κ3) is 5.64. The summed E-state index contributed by atoms with van der Waals surface area (Å²) in [6, 6.07) is 15.2. The Morgan fingerprint density at radius 3 is 2.65 bits per heavy atom. The fourth-order valence-electron chi connectivity index (χ4n) is 1.83. The molecule has 2 rings (SSSR count). The summed E-state index contributed by atoms with van der Waals surface area (Å²) in [7, 11) is 0. The summed E-state index contributed by atoms with van der Waals surface area (Å²) in [6.45, 7) is 4.12. The average Bonchev–Trinajstić information content (AvgIpc) is 2.58. The van der Waals surface area contributed by atoms with Crippen LogP contribution in [0.4, 0.5) is 0 Å². The van der Waals surface area contributed by atoms with Crippen molar-refractivity contribution in [1.82, 2.24) is 0 Å². The third-order valence-corrected chi connectivity index (χ3v) is 3.24. The first-order valence-electron chi connectivity index (χ1n) is 7.11. The molecule has 0 saturated carbocycles. The van der Waals surface area contributed by atoms with E-state index in [0.717, 1.165) is 11.1 Å². The van der Waals surface area contributed by atoms with Gasteiger partial charge in [0.1, 0.15) is 19.0 Å². The van der Waals surface area contributed by atoms with E-state index in [1.807, 2.05) is 36.4 Å². The van der Waals surface area contributed by atoms with Crippen molar-refractivity contribution in [1.29, 1.82) is 0 Å². The average molecular weight is 329 g/mol.